The molecule has 7 nitrogen and oxygen atoms in total. The molecule has 1 aliphatic heterocycles. The molecule has 31 heavy (non-hydrogen) atoms. The first kappa shape index (κ1) is 22.6. The molecule has 0 spiro atoms. The summed E-state index contributed by atoms with van der Waals surface area (Å²) < 4.78 is 16.4. The van der Waals surface area contributed by atoms with Crippen molar-refractivity contribution in [1.82, 2.24) is 0 Å². The van der Waals surface area contributed by atoms with E-state index in [1.54, 1.807) is 31.2 Å². The fourth-order valence-corrected chi connectivity index (χ4v) is 3.08. The maximum atomic E-state index is 12.5. The molecular formula is C24H30N2O5. The van der Waals surface area contributed by atoms with Crippen LogP contribution in [0.15, 0.2) is 48.5 Å². The molecule has 0 radical (unpaired) electrons. The normalized spacial score (nSPS) is 14.8. The van der Waals surface area contributed by atoms with Gasteiger partial charge in [-0.1, -0.05) is 19.9 Å². The predicted molar refractivity (Wildman–Crippen MR) is 120 cm³/mol. The summed E-state index contributed by atoms with van der Waals surface area (Å²) in [7, 11) is 0. The number of benzene rings is 2. The van der Waals surface area contributed by atoms with Gasteiger partial charge in [-0.25, -0.2) is 4.79 Å². The van der Waals surface area contributed by atoms with Crippen LogP contribution in [-0.2, 0) is 14.3 Å². The fraction of sp³-hybridized carbons (Fsp3) is 0.417. The van der Waals surface area contributed by atoms with E-state index in [0.29, 0.717) is 42.7 Å². The third-order valence-electron chi connectivity index (χ3n) is 4.82. The van der Waals surface area contributed by atoms with Gasteiger partial charge in [-0.2, -0.15) is 0 Å². The third kappa shape index (κ3) is 6.72. The summed E-state index contributed by atoms with van der Waals surface area (Å²) in [5.41, 5.74) is 2.07. The second kappa shape index (κ2) is 10.8. The quantitative estimate of drug-likeness (QED) is 0.648. The van der Waals surface area contributed by atoms with Gasteiger partial charge in [-0.15, -0.1) is 0 Å². The number of nitrogens with one attached hydrogen (secondary N) is 1. The highest BCUT2D eigenvalue weighted by atomic mass is 16.5. The zero-order valence-electron chi connectivity index (χ0n) is 18.3. The highest BCUT2D eigenvalue weighted by molar-refractivity contribution is 5.97. The minimum atomic E-state index is -0.938. The molecule has 0 saturated carbocycles. The minimum Gasteiger partial charge on any atom is -0.493 e. The number of morpholine rings is 1. The molecule has 7 heteroatoms. The van der Waals surface area contributed by atoms with Crippen molar-refractivity contribution in [2.75, 3.05) is 43.1 Å². The standard InChI is InChI=1S/C24H30N2O5/c1-17(2)16-30-22-6-4-5-19(15-22)24(28)31-18(3)23(27)25-20-7-9-21(10-8-20)26-11-13-29-14-12-26/h4-10,15,17-18H,11-14,16H2,1-3H3,(H,25,27). The van der Waals surface area contributed by atoms with E-state index in [0.717, 1.165) is 18.8 Å². The lowest BCUT2D eigenvalue weighted by Crippen LogP contribution is -2.36. The van der Waals surface area contributed by atoms with Gasteiger partial charge in [0.25, 0.3) is 5.91 Å². The largest absolute Gasteiger partial charge is 0.493 e. The fourth-order valence-electron chi connectivity index (χ4n) is 3.08. The van der Waals surface area contributed by atoms with E-state index in [1.165, 1.54) is 0 Å². The van der Waals surface area contributed by atoms with Gasteiger partial charge in [0, 0.05) is 24.5 Å². The molecule has 1 amide bonds. The monoisotopic (exact) mass is 426 g/mol. The van der Waals surface area contributed by atoms with Crippen molar-refractivity contribution in [1.29, 1.82) is 0 Å². The van der Waals surface area contributed by atoms with E-state index < -0.39 is 12.1 Å². The number of rotatable bonds is 8. The van der Waals surface area contributed by atoms with E-state index in [-0.39, 0.29) is 5.91 Å². The average molecular weight is 427 g/mol. The van der Waals surface area contributed by atoms with Crippen molar-refractivity contribution in [2.24, 2.45) is 5.92 Å². The third-order valence-corrected chi connectivity index (χ3v) is 4.82. The molecule has 0 aliphatic carbocycles. The van der Waals surface area contributed by atoms with Crippen molar-refractivity contribution in [3.8, 4) is 5.75 Å². The van der Waals surface area contributed by atoms with Crippen molar-refractivity contribution in [3.63, 3.8) is 0 Å². The summed E-state index contributed by atoms with van der Waals surface area (Å²) in [6.07, 6.45) is -0.938. The van der Waals surface area contributed by atoms with E-state index >= 15 is 0 Å². The molecule has 1 aliphatic rings. The smallest absolute Gasteiger partial charge is 0.339 e. The summed E-state index contributed by atoms with van der Waals surface area (Å²) in [5.74, 6) is 0.0165. The van der Waals surface area contributed by atoms with Crippen molar-refractivity contribution in [3.05, 3.63) is 54.1 Å². The molecule has 2 aromatic carbocycles. The SMILES string of the molecule is CC(C)COc1cccc(C(=O)OC(C)C(=O)Nc2ccc(N3CCOCC3)cc2)c1. The van der Waals surface area contributed by atoms with Crippen LogP contribution in [0.4, 0.5) is 11.4 Å². The number of nitrogens with zero attached hydrogens (tertiary/aromatic N) is 1. The lowest BCUT2D eigenvalue weighted by molar-refractivity contribution is -0.123. The van der Waals surface area contributed by atoms with Crippen LogP contribution in [-0.4, -0.2) is 50.9 Å². The van der Waals surface area contributed by atoms with E-state index in [2.05, 4.69) is 24.1 Å². The number of carbonyl (C=O) groups excluding carboxylic acids is 2. The summed E-state index contributed by atoms with van der Waals surface area (Å²) in [6.45, 7) is 9.34. The molecule has 2 aromatic rings. The van der Waals surface area contributed by atoms with Crippen molar-refractivity contribution >= 4 is 23.3 Å². The Balaban J connectivity index is 1.53. The number of esters is 1. The first-order valence-electron chi connectivity index (χ1n) is 10.6. The Morgan fingerprint density at radius 3 is 2.45 bits per heavy atom. The highest BCUT2D eigenvalue weighted by Gasteiger charge is 2.20. The zero-order valence-corrected chi connectivity index (χ0v) is 18.3. The van der Waals surface area contributed by atoms with Crippen LogP contribution in [0, 0.1) is 5.92 Å². The predicted octanol–water partition coefficient (Wildman–Crippen LogP) is 3.74. The molecule has 0 bridgehead atoms. The first-order chi connectivity index (χ1) is 14.9. The number of ether oxygens (including phenoxy) is 3. The van der Waals surface area contributed by atoms with Gasteiger partial charge in [0.05, 0.1) is 25.4 Å². The Morgan fingerprint density at radius 1 is 1.06 bits per heavy atom. The van der Waals surface area contributed by atoms with Gasteiger partial charge in [-0.3, -0.25) is 4.79 Å². The van der Waals surface area contributed by atoms with Crippen molar-refractivity contribution in [2.45, 2.75) is 26.9 Å². The molecule has 1 unspecified atom stereocenters. The molecule has 1 heterocycles. The van der Waals surface area contributed by atoms with Gasteiger partial charge in [-0.05, 0) is 55.3 Å². The van der Waals surface area contributed by atoms with Gasteiger partial charge >= 0.3 is 5.97 Å². The van der Waals surface area contributed by atoms with E-state index in [1.807, 2.05) is 24.3 Å². The molecule has 1 fully saturated rings. The topological polar surface area (TPSA) is 77.1 Å². The second-order valence-electron chi connectivity index (χ2n) is 7.92. The molecule has 166 valence electrons. The Labute approximate surface area is 183 Å². The molecule has 1 saturated heterocycles. The first-order valence-corrected chi connectivity index (χ1v) is 10.6. The van der Waals surface area contributed by atoms with E-state index in [4.69, 9.17) is 14.2 Å². The van der Waals surface area contributed by atoms with Crippen LogP contribution in [0.25, 0.3) is 0 Å². The minimum absolute atomic E-state index is 0.343. The molecule has 1 N–H and O–H groups in total. The van der Waals surface area contributed by atoms with Crippen LogP contribution in [0.1, 0.15) is 31.1 Å². The number of anilines is 2. The van der Waals surface area contributed by atoms with Gasteiger partial charge in [0.15, 0.2) is 6.10 Å². The average Bonchev–Trinajstić information content (AvgIpc) is 2.79. The molecular weight excluding hydrogens is 396 g/mol. The van der Waals surface area contributed by atoms with Crippen LogP contribution in [0.5, 0.6) is 5.75 Å². The summed E-state index contributed by atoms with van der Waals surface area (Å²) in [6, 6.07) is 14.4. The highest BCUT2D eigenvalue weighted by Crippen LogP contribution is 2.20. The Hall–Kier alpha value is -3.06. The van der Waals surface area contributed by atoms with Gasteiger partial charge < -0.3 is 24.4 Å². The Bertz CT molecular complexity index is 876. The van der Waals surface area contributed by atoms with Gasteiger partial charge in [0.1, 0.15) is 5.75 Å². The lowest BCUT2D eigenvalue weighted by atomic mass is 10.2. The van der Waals surface area contributed by atoms with Crippen LogP contribution < -0.4 is 15.0 Å². The molecule has 1 atom stereocenters. The van der Waals surface area contributed by atoms with Crippen LogP contribution >= 0.6 is 0 Å². The summed E-state index contributed by atoms with van der Waals surface area (Å²) in [5, 5.41) is 2.79. The van der Waals surface area contributed by atoms with Gasteiger partial charge in [0.2, 0.25) is 0 Å². The second-order valence-corrected chi connectivity index (χ2v) is 7.92. The summed E-state index contributed by atoms with van der Waals surface area (Å²) >= 11 is 0. The van der Waals surface area contributed by atoms with Crippen molar-refractivity contribution < 1.29 is 23.8 Å². The van der Waals surface area contributed by atoms with Crippen LogP contribution in [0.2, 0.25) is 0 Å². The van der Waals surface area contributed by atoms with E-state index in [9.17, 15) is 9.59 Å². The summed E-state index contributed by atoms with van der Waals surface area (Å²) in [4.78, 5) is 27.2. The van der Waals surface area contributed by atoms with Crippen LogP contribution in [0.3, 0.4) is 0 Å². The number of hydrogen-bond donors (Lipinski definition) is 1. The maximum Gasteiger partial charge on any atom is 0.339 e. The number of carbonyl (C=O) groups is 2. The maximum absolute atomic E-state index is 12.5. The molecule has 3 rings (SSSR count). The zero-order chi connectivity index (χ0) is 22.2. The lowest BCUT2D eigenvalue weighted by Gasteiger charge is -2.28. The molecule has 0 aromatic heterocycles. The Morgan fingerprint density at radius 2 is 1.77 bits per heavy atom. The number of hydrogen-bond acceptors (Lipinski definition) is 6. The number of amides is 1. The Kier molecular flexibility index (Phi) is 7.89.